The quantitative estimate of drug-likeness (QED) is 0.522. The zero-order chi connectivity index (χ0) is 20.8. The molecular formula is C24H33N3O. The number of nitrogens with zero attached hydrogens (tertiary/aromatic N) is 1. The predicted octanol–water partition coefficient (Wildman–Crippen LogP) is 5.28. The number of nitrogen functional groups attached to an aromatic ring is 1. The Morgan fingerprint density at radius 3 is 2.64 bits per heavy atom. The van der Waals surface area contributed by atoms with Crippen LogP contribution in [0.5, 0.6) is 0 Å². The van der Waals surface area contributed by atoms with Gasteiger partial charge < -0.3 is 11.1 Å². The van der Waals surface area contributed by atoms with E-state index in [1.807, 2.05) is 39.0 Å². The van der Waals surface area contributed by atoms with Crippen molar-refractivity contribution in [2.75, 3.05) is 5.73 Å². The molecule has 1 amide bonds. The first-order chi connectivity index (χ1) is 13.2. The van der Waals surface area contributed by atoms with Crippen LogP contribution in [-0.4, -0.2) is 11.6 Å². The van der Waals surface area contributed by atoms with E-state index in [2.05, 4.69) is 49.3 Å². The second kappa shape index (κ2) is 9.54. The molecule has 1 aromatic carbocycles. The van der Waals surface area contributed by atoms with E-state index in [0.29, 0.717) is 17.9 Å². The zero-order valence-corrected chi connectivity index (χ0v) is 17.9. The second-order valence-corrected chi connectivity index (χ2v) is 7.82. The first-order valence-electron chi connectivity index (χ1n) is 10.1. The van der Waals surface area contributed by atoms with E-state index >= 15 is 0 Å². The lowest BCUT2D eigenvalue weighted by Crippen LogP contribution is -2.28. The molecule has 0 radical (unpaired) electrons. The Morgan fingerprint density at radius 1 is 1.32 bits per heavy atom. The molecule has 0 bridgehead atoms. The maximum atomic E-state index is 12.7. The molecule has 1 aliphatic carbocycles. The van der Waals surface area contributed by atoms with Crippen molar-refractivity contribution in [3.05, 3.63) is 64.9 Å². The molecule has 0 saturated heterocycles. The Morgan fingerprint density at radius 2 is 2.04 bits per heavy atom. The highest BCUT2D eigenvalue weighted by molar-refractivity contribution is 6.01. The topological polar surface area (TPSA) is 67.5 Å². The summed E-state index contributed by atoms with van der Waals surface area (Å²) in [5, 5.41) is 3.07. The minimum atomic E-state index is -0.0987. The van der Waals surface area contributed by atoms with E-state index in [1.165, 1.54) is 5.57 Å². The van der Waals surface area contributed by atoms with Crippen LogP contribution < -0.4 is 11.1 Å². The van der Waals surface area contributed by atoms with E-state index in [0.717, 1.165) is 22.5 Å². The number of rotatable bonds is 6. The lowest BCUT2D eigenvalue weighted by molar-refractivity contribution is -0.118. The summed E-state index contributed by atoms with van der Waals surface area (Å²) >= 11 is 0. The van der Waals surface area contributed by atoms with Crippen LogP contribution in [0, 0.1) is 18.8 Å². The summed E-state index contributed by atoms with van der Waals surface area (Å²) in [6.45, 7) is 12.4. The highest BCUT2D eigenvalue weighted by Crippen LogP contribution is 2.21. The molecule has 0 aromatic heterocycles. The van der Waals surface area contributed by atoms with Crippen LogP contribution in [0.1, 0.15) is 58.2 Å². The summed E-state index contributed by atoms with van der Waals surface area (Å²) in [6, 6.07) is 5.76. The monoisotopic (exact) mass is 379 g/mol. The average Bonchev–Trinajstić information content (AvgIpc) is 2.65. The molecule has 1 unspecified atom stereocenters. The van der Waals surface area contributed by atoms with Gasteiger partial charge in [-0.3, -0.25) is 9.79 Å². The van der Waals surface area contributed by atoms with E-state index < -0.39 is 0 Å². The molecule has 150 valence electrons. The number of allylic oxidation sites excluding steroid dienone is 4. The van der Waals surface area contributed by atoms with Crippen LogP contribution in [0.4, 0.5) is 5.69 Å². The SMILES string of the molecule is CC/C(=C\N=C1C=C(C(C)C)C=CC1C)C(=O)N[C@H](C)c1ccc(N)c(C)c1. The van der Waals surface area contributed by atoms with Crippen molar-refractivity contribution >= 4 is 17.3 Å². The molecule has 0 aliphatic heterocycles. The molecule has 0 heterocycles. The number of nitrogens with two attached hydrogens (primary N) is 1. The number of nitrogens with one attached hydrogen (secondary N) is 1. The lowest BCUT2D eigenvalue weighted by Gasteiger charge is -2.17. The first kappa shape index (κ1) is 21.7. The molecule has 3 N–H and O–H groups in total. The third-order valence-electron chi connectivity index (χ3n) is 5.21. The Bertz CT molecular complexity index is 843. The molecule has 0 fully saturated rings. The number of hydrogen-bond donors (Lipinski definition) is 2. The second-order valence-electron chi connectivity index (χ2n) is 7.82. The van der Waals surface area contributed by atoms with Crippen LogP contribution in [0.15, 0.2) is 58.8 Å². The van der Waals surface area contributed by atoms with Crippen LogP contribution in [-0.2, 0) is 4.79 Å². The van der Waals surface area contributed by atoms with Crippen LogP contribution >= 0.6 is 0 Å². The molecule has 28 heavy (non-hydrogen) atoms. The van der Waals surface area contributed by atoms with Gasteiger partial charge in [-0.15, -0.1) is 0 Å². The van der Waals surface area contributed by atoms with Crippen molar-refractivity contribution in [3.8, 4) is 0 Å². The highest BCUT2D eigenvalue weighted by atomic mass is 16.1. The molecule has 1 aromatic rings. The highest BCUT2D eigenvalue weighted by Gasteiger charge is 2.15. The molecule has 4 heteroatoms. The number of aryl methyl sites for hydroxylation is 1. The first-order valence-corrected chi connectivity index (χ1v) is 10.1. The Kier molecular flexibility index (Phi) is 7.38. The predicted molar refractivity (Wildman–Crippen MR) is 119 cm³/mol. The summed E-state index contributed by atoms with van der Waals surface area (Å²) in [5.74, 6) is 0.619. The third kappa shape index (κ3) is 5.44. The lowest BCUT2D eigenvalue weighted by atomic mass is 9.91. The van der Waals surface area contributed by atoms with Gasteiger partial charge in [0.2, 0.25) is 5.91 Å². The molecule has 1 aliphatic rings. The van der Waals surface area contributed by atoms with Crippen LogP contribution in [0.3, 0.4) is 0 Å². The van der Waals surface area contributed by atoms with Gasteiger partial charge in [-0.1, -0.05) is 52.0 Å². The van der Waals surface area contributed by atoms with Gasteiger partial charge in [0.05, 0.1) is 6.04 Å². The van der Waals surface area contributed by atoms with Crippen molar-refractivity contribution in [1.29, 1.82) is 0 Å². The summed E-state index contributed by atoms with van der Waals surface area (Å²) in [5.41, 5.74) is 11.6. The summed E-state index contributed by atoms with van der Waals surface area (Å²) in [4.78, 5) is 17.4. The van der Waals surface area contributed by atoms with Gasteiger partial charge in [0, 0.05) is 29.1 Å². The van der Waals surface area contributed by atoms with Gasteiger partial charge in [0.25, 0.3) is 0 Å². The molecular weight excluding hydrogens is 346 g/mol. The van der Waals surface area contributed by atoms with Gasteiger partial charge in [-0.25, -0.2) is 0 Å². The van der Waals surface area contributed by atoms with Crippen LogP contribution in [0.2, 0.25) is 0 Å². The average molecular weight is 380 g/mol. The van der Waals surface area contributed by atoms with Crippen molar-refractivity contribution in [2.45, 2.75) is 54.0 Å². The maximum absolute atomic E-state index is 12.7. The fraction of sp³-hybridized carbons (Fsp3) is 0.417. The number of aliphatic imine (C=N–C) groups is 1. The van der Waals surface area contributed by atoms with Crippen LogP contribution in [0.25, 0.3) is 0 Å². The largest absolute Gasteiger partial charge is 0.399 e. The number of amides is 1. The van der Waals surface area contributed by atoms with Crippen molar-refractivity contribution < 1.29 is 4.79 Å². The van der Waals surface area contributed by atoms with Gasteiger partial charge in [-0.05, 0) is 55.0 Å². The fourth-order valence-corrected chi connectivity index (χ4v) is 3.02. The number of benzene rings is 1. The van der Waals surface area contributed by atoms with Gasteiger partial charge in [0.15, 0.2) is 0 Å². The Hall–Kier alpha value is -2.62. The summed E-state index contributed by atoms with van der Waals surface area (Å²) in [6.07, 6.45) is 8.81. The normalized spacial score (nSPS) is 19.7. The molecule has 0 spiro atoms. The molecule has 2 rings (SSSR count). The molecule has 0 saturated carbocycles. The minimum absolute atomic E-state index is 0.0825. The molecule has 4 nitrogen and oxygen atoms in total. The summed E-state index contributed by atoms with van der Waals surface area (Å²) < 4.78 is 0. The van der Waals surface area contributed by atoms with Crippen molar-refractivity contribution in [3.63, 3.8) is 0 Å². The summed E-state index contributed by atoms with van der Waals surface area (Å²) in [7, 11) is 0. The van der Waals surface area contributed by atoms with Crippen molar-refractivity contribution in [2.24, 2.45) is 16.8 Å². The number of carbonyl (C=O) groups is 1. The van der Waals surface area contributed by atoms with Gasteiger partial charge >= 0.3 is 0 Å². The third-order valence-corrected chi connectivity index (χ3v) is 5.21. The van der Waals surface area contributed by atoms with Gasteiger partial charge in [0.1, 0.15) is 0 Å². The maximum Gasteiger partial charge on any atom is 0.249 e. The number of carbonyl (C=O) groups excluding carboxylic acids is 1. The Labute approximate surface area is 169 Å². The Balaban J connectivity index is 2.16. The number of anilines is 1. The zero-order valence-electron chi connectivity index (χ0n) is 17.9. The van der Waals surface area contributed by atoms with Gasteiger partial charge in [-0.2, -0.15) is 0 Å². The van der Waals surface area contributed by atoms with E-state index in [9.17, 15) is 4.79 Å². The van der Waals surface area contributed by atoms with E-state index in [1.54, 1.807) is 6.20 Å². The molecule has 2 atom stereocenters. The van der Waals surface area contributed by atoms with Crippen molar-refractivity contribution in [1.82, 2.24) is 5.32 Å². The smallest absolute Gasteiger partial charge is 0.249 e. The fourth-order valence-electron chi connectivity index (χ4n) is 3.02. The van der Waals surface area contributed by atoms with E-state index in [-0.39, 0.29) is 17.9 Å². The number of hydrogen-bond acceptors (Lipinski definition) is 3. The minimum Gasteiger partial charge on any atom is -0.399 e. The van der Waals surface area contributed by atoms with E-state index in [4.69, 9.17) is 5.73 Å². The standard InChI is InChI=1S/C24H33N3O/c1-7-19(14-26-23-13-20(15(2)3)9-8-16(23)4)24(28)27-18(6)21-10-11-22(25)17(5)12-21/h8-16,18H,7,25H2,1-6H3,(H,27,28)/b19-14+,26-23?/t16?,18-/m1/s1.